The first-order valence-electron chi connectivity index (χ1n) is 3.42. The van der Waals surface area contributed by atoms with Gasteiger partial charge in [0, 0.05) is 17.0 Å². The lowest BCUT2D eigenvalue weighted by atomic mass is 9.98. The Bertz CT molecular complexity index is 279. The molecule has 0 saturated heterocycles. The van der Waals surface area contributed by atoms with E-state index in [9.17, 15) is 4.79 Å². The smallest absolute Gasteiger partial charge is 0.217 e. The summed E-state index contributed by atoms with van der Waals surface area (Å²) in [6.45, 7) is 1.84. The minimum absolute atomic E-state index is 0.316. The molecular weight excluding hydrogens is 215 g/mol. The van der Waals surface area contributed by atoms with Gasteiger partial charge in [-0.25, -0.2) is 0 Å². The summed E-state index contributed by atoms with van der Waals surface area (Å²) in [7, 11) is 0. The molecule has 0 spiro atoms. The van der Waals surface area contributed by atoms with Crippen molar-refractivity contribution in [1.82, 2.24) is 0 Å². The van der Waals surface area contributed by atoms with Crippen molar-refractivity contribution >= 4 is 40.9 Å². The largest absolute Gasteiger partial charge is 0.282 e. The van der Waals surface area contributed by atoms with Crippen LogP contribution in [-0.4, -0.2) is 9.99 Å². The van der Waals surface area contributed by atoms with Crippen molar-refractivity contribution in [1.29, 1.82) is 0 Å². The molecule has 0 fully saturated rings. The summed E-state index contributed by atoms with van der Waals surface area (Å²) in [5.74, 6) is 0. The van der Waals surface area contributed by atoms with Crippen LogP contribution in [0.2, 0.25) is 0 Å². The number of hydrogen-bond donors (Lipinski definition) is 1. The average molecular weight is 223 g/mol. The van der Waals surface area contributed by atoms with E-state index in [1.54, 1.807) is 12.2 Å². The number of halogens is 2. The Morgan fingerprint density at radius 1 is 1.75 bits per heavy atom. The van der Waals surface area contributed by atoms with Crippen molar-refractivity contribution in [3.8, 4) is 0 Å². The summed E-state index contributed by atoms with van der Waals surface area (Å²) in [4.78, 5) is 10.4. The van der Waals surface area contributed by atoms with Crippen LogP contribution in [0.3, 0.4) is 0 Å². The molecule has 1 nitrogen and oxygen atoms in total. The number of alkyl halides is 1. The molecular formula is C8H8Cl2OS. The van der Waals surface area contributed by atoms with Crippen LogP contribution in [0.15, 0.2) is 22.8 Å². The van der Waals surface area contributed by atoms with Gasteiger partial charge in [0.1, 0.15) is 0 Å². The molecule has 0 aromatic heterocycles. The summed E-state index contributed by atoms with van der Waals surface area (Å²) in [6.07, 6.45) is 3.85. The van der Waals surface area contributed by atoms with Gasteiger partial charge in [-0.05, 0) is 6.92 Å². The second-order valence-corrected chi connectivity index (χ2v) is 4.64. The van der Waals surface area contributed by atoms with Crippen LogP contribution in [0, 0.1) is 0 Å². The zero-order valence-electron chi connectivity index (χ0n) is 6.47. The van der Waals surface area contributed by atoms with Gasteiger partial charge in [0.15, 0.2) is 0 Å². The van der Waals surface area contributed by atoms with Crippen LogP contribution >= 0.6 is 35.8 Å². The fourth-order valence-corrected chi connectivity index (χ4v) is 1.96. The van der Waals surface area contributed by atoms with E-state index in [1.807, 2.05) is 6.92 Å². The van der Waals surface area contributed by atoms with Crippen molar-refractivity contribution in [3.05, 3.63) is 22.8 Å². The van der Waals surface area contributed by atoms with Gasteiger partial charge in [-0.3, -0.25) is 4.79 Å². The summed E-state index contributed by atoms with van der Waals surface area (Å²) in [5, 5.41) is 0.165. The molecule has 1 aliphatic rings. The number of allylic oxidation sites excluding steroid dienone is 3. The zero-order valence-corrected chi connectivity index (χ0v) is 8.88. The van der Waals surface area contributed by atoms with E-state index in [0.29, 0.717) is 17.0 Å². The number of hydrogen-bond acceptors (Lipinski definition) is 1. The normalized spacial score (nSPS) is 29.3. The van der Waals surface area contributed by atoms with Gasteiger partial charge in [0.05, 0.1) is 4.87 Å². The molecule has 0 heterocycles. The Labute approximate surface area is 86.8 Å². The highest BCUT2D eigenvalue weighted by Crippen LogP contribution is 2.34. The third kappa shape index (κ3) is 2.28. The van der Waals surface area contributed by atoms with Crippen molar-refractivity contribution in [2.45, 2.75) is 18.2 Å². The molecule has 0 saturated carbocycles. The van der Waals surface area contributed by atoms with Crippen LogP contribution in [0.25, 0.3) is 0 Å². The molecule has 0 radical (unpaired) electrons. The molecule has 0 aliphatic heterocycles. The van der Waals surface area contributed by atoms with E-state index in [2.05, 4.69) is 12.6 Å². The lowest BCUT2D eigenvalue weighted by molar-refractivity contribution is -0.107. The van der Waals surface area contributed by atoms with E-state index in [-0.39, 0.29) is 5.12 Å². The minimum atomic E-state index is -0.468. The summed E-state index contributed by atoms with van der Waals surface area (Å²) >= 11 is 15.5. The van der Waals surface area contributed by atoms with Crippen LogP contribution in [0.5, 0.6) is 0 Å². The predicted octanol–water partition coefficient (Wildman–Crippen LogP) is 2.89. The highest BCUT2D eigenvalue weighted by molar-refractivity contribution is 7.97. The van der Waals surface area contributed by atoms with Gasteiger partial charge in [-0.15, -0.1) is 24.2 Å². The Morgan fingerprint density at radius 2 is 2.33 bits per heavy atom. The van der Waals surface area contributed by atoms with E-state index in [1.165, 1.54) is 0 Å². The average Bonchev–Trinajstić information content (AvgIpc) is 1.83. The van der Waals surface area contributed by atoms with Gasteiger partial charge < -0.3 is 0 Å². The number of thiol groups is 1. The topological polar surface area (TPSA) is 17.1 Å². The Morgan fingerprint density at radius 3 is 2.75 bits per heavy atom. The Hall–Kier alpha value is 0.0800. The maximum absolute atomic E-state index is 10.8. The Balaban J connectivity index is 2.95. The fraction of sp³-hybridized carbons (Fsp3) is 0.375. The van der Waals surface area contributed by atoms with E-state index >= 15 is 0 Å². The summed E-state index contributed by atoms with van der Waals surface area (Å²) < 4.78 is 0. The number of rotatable bonds is 1. The minimum Gasteiger partial charge on any atom is -0.282 e. The van der Waals surface area contributed by atoms with Crippen LogP contribution in [0.4, 0.5) is 0 Å². The Kier molecular flexibility index (Phi) is 2.92. The second kappa shape index (κ2) is 3.44. The standard InChI is InChI=1S/C8H8Cl2OS/c1-8(10)3-2-5(7(11)12)6(9)4-8/h2-3H,4H2,1H3,(H,11,12). The number of carbonyl (C=O) groups excluding carboxylic acids is 1. The van der Waals surface area contributed by atoms with Gasteiger partial charge in [-0.1, -0.05) is 23.8 Å². The predicted molar refractivity (Wildman–Crippen MR) is 54.9 cm³/mol. The van der Waals surface area contributed by atoms with Gasteiger partial charge in [0.25, 0.3) is 0 Å². The first kappa shape index (κ1) is 10.2. The molecule has 66 valence electrons. The van der Waals surface area contributed by atoms with Crippen LogP contribution in [-0.2, 0) is 4.79 Å². The first-order valence-corrected chi connectivity index (χ1v) is 4.63. The highest BCUT2D eigenvalue weighted by atomic mass is 35.5. The molecule has 12 heavy (non-hydrogen) atoms. The maximum atomic E-state index is 10.8. The fourth-order valence-electron chi connectivity index (χ4n) is 0.992. The van der Waals surface area contributed by atoms with E-state index in [4.69, 9.17) is 23.2 Å². The number of carbonyl (C=O) groups is 1. The quantitative estimate of drug-likeness (QED) is 0.534. The van der Waals surface area contributed by atoms with E-state index in [0.717, 1.165) is 0 Å². The molecule has 0 aromatic carbocycles. The summed E-state index contributed by atoms with van der Waals surface area (Å²) in [5.41, 5.74) is 0.443. The van der Waals surface area contributed by atoms with Gasteiger partial charge >= 0.3 is 0 Å². The molecule has 1 rings (SSSR count). The molecule has 0 aromatic rings. The van der Waals surface area contributed by atoms with Crippen molar-refractivity contribution < 1.29 is 4.79 Å². The second-order valence-electron chi connectivity index (χ2n) is 2.91. The van der Waals surface area contributed by atoms with Crippen molar-refractivity contribution in [2.75, 3.05) is 0 Å². The lowest BCUT2D eigenvalue weighted by Crippen LogP contribution is -2.17. The molecule has 0 amide bonds. The van der Waals surface area contributed by atoms with Gasteiger partial charge in [0.2, 0.25) is 5.12 Å². The molecule has 0 N–H and O–H groups in total. The molecule has 4 heteroatoms. The zero-order chi connectivity index (χ0) is 9.35. The van der Waals surface area contributed by atoms with Crippen molar-refractivity contribution in [2.24, 2.45) is 0 Å². The monoisotopic (exact) mass is 222 g/mol. The first-order chi connectivity index (χ1) is 5.42. The van der Waals surface area contributed by atoms with Crippen LogP contribution in [0.1, 0.15) is 13.3 Å². The molecule has 1 unspecified atom stereocenters. The van der Waals surface area contributed by atoms with E-state index < -0.39 is 4.87 Å². The van der Waals surface area contributed by atoms with Crippen LogP contribution < -0.4 is 0 Å². The molecule has 1 atom stereocenters. The third-order valence-corrected chi connectivity index (χ3v) is 2.46. The van der Waals surface area contributed by atoms with Gasteiger partial charge in [-0.2, -0.15) is 0 Å². The van der Waals surface area contributed by atoms with Crippen molar-refractivity contribution in [3.63, 3.8) is 0 Å². The third-order valence-electron chi connectivity index (χ3n) is 1.62. The lowest BCUT2D eigenvalue weighted by Gasteiger charge is -2.21. The molecule has 1 aliphatic carbocycles. The highest BCUT2D eigenvalue weighted by Gasteiger charge is 2.25. The summed E-state index contributed by atoms with van der Waals surface area (Å²) in [6, 6.07) is 0. The SMILES string of the molecule is CC1(Cl)C=CC(C(=O)S)=C(Cl)C1. The maximum Gasteiger partial charge on any atom is 0.217 e. The molecule has 0 bridgehead atoms.